The molecule has 4 rings (SSSR count). The Balaban J connectivity index is 1.63. The summed E-state index contributed by atoms with van der Waals surface area (Å²) < 4.78 is 30.0. The van der Waals surface area contributed by atoms with Crippen molar-refractivity contribution in [1.29, 1.82) is 0 Å². The molecule has 3 heterocycles. The van der Waals surface area contributed by atoms with E-state index >= 15 is 0 Å². The van der Waals surface area contributed by atoms with E-state index in [0.717, 1.165) is 5.56 Å². The van der Waals surface area contributed by atoms with E-state index in [4.69, 9.17) is 23.4 Å². The number of benzene rings is 1. The zero-order valence-corrected chi connectivity index (χ0v) is 17.3. The Morgan fingerprint density at radius 1 is 1.00 bits per heavy atom. The predicted molar refractivity (Wildman–Crippen MR) is 104 cm³/mol. The second-order valence-electron chi connectivity index (χ2n) is 8.48. The molecule has 2 aromatic rings. The maximum atomic E-state index is 11.1. The molecule has 2 fully saturated rings. The normalized spacial score (nSPS) is 29.4. The summed E-state index contributed by atoms with van der Waals surface area (Å²) in [6, 6.07) is 12.8. The van der Waals surface area contributed by atoms with Crippen molar-refractivity contribution >= 4 is 0 Å². The van der Waals surface area contributed by atoms with Gasteiger partial charge < -0.3 is 28.6 Å². The molecule has 1 aromatic heterocycles. The lowest BCUT2D eigenvalue weighted by Crippen LogP contribution is -2.45. The SMILES string of the molecule is CC1(C)O[C@@H]([C@H](c2ccco2)N(O)Cc2ccccc2)[C@@H]([C@@H]2COC(C)(C)O2)O1. The Kier molecular flexibility index (Phi) is 5.54. The molecule has 0 amide bonds. The fourth-order valence-corrected chi connectivity index (χ4v) is 4.03. The van der Waals surface area contributed by atoms with Crippen molar-refractivity contribution in [2.75, 3.05) is 6.61 Å². The minimum atomic E-state index is -0.830. The van der Waals surface area contributed by atoms with Gasteiger partial charge in [-0.1, -0.05) is 30.3 Å². The molecular weight excluding hydrogens is 374 g/mol. The molecule has 0 saturated carbocycles. The summed E-state index contributed by atoms with van der Waals surface area (Å²) in [4.78, 5) is 0. The summed E-state index contributed by atoms with van der Waals surface area (Å²) in [7, 11) is 0. The maximum absolute atomic E-state index is 11.1. The first-order valence-electron chi connectivity index (χ1n) is 9.94. The Morgan fingerprint density at radius 2 is 1.76 bits per heavy atom. The highest BCUT2D eigenvalue weighted by Gasteiger charge is 2.54. The zero-order chi connectivity index (χ0) is 20.6. The molecule has 158 valence electrons. The van der Waals surface area contributed by atoms with Crippen molar-refractivity contribution in [3.63, 3.8) is 0 Å². The van der Waals surface area contributed by atoms with Crippen LogP contribution >= 0.6 is 0 Å². The quantitative estimate of drug-likeness (QED) is 0.734. The summed E-state index contributed by atoms with van der Waals surface area (Å²) in [6.07, 6.45) is 0.312. The van der Waals surface area contributed by atoms with Gasteiger partial charge in [0.15, 0.2) is 11.6 Å². The lowest BCUT2D eigenvalue weighted by molar-refractivity contribution is -0.194. The molecule has 29 heavy (non-hydrogen) atoms. The molecule has 7 heteroatoms. The molecule has 1 N–H and O–H groups in total. The van der Waals surface area contributed by atoms with Crippen LogP contribution in [0.3, 0.4) is 0 Å². The van der Waals surface area contributed by atoms with Crippen molar-refractivity contribution < 1.29 is 28.6 Å². The molecule has 7 nitrogen and oxygen atoms in total. The molecule has 0 unspecified atom stereocenters. The highest BCUT2D eigenvalue weighted by atomic mass is 16.8. The first kappa shape index (κ1) is 20.5. The van der Waals surface area contributed by atoms with E-state index in [9.17, 15) is 5.21 Å². The summed E-state index contributed by atoms with van der Waals surface area (Å²) in [5, 5.41) is 12.3. The Hall–Kier alpha value is -1.74. The van der Waals surface area contributed by atoms with Crippen LogP contribution in [0.2, 0.25) is 0 Å². The second-order valence-corrected chi connectivity index (χ2v) is 8.48. The van der Waals surface area contributed by atoms with E-state index < -0.39 is 29.8 Å². The fraction of sp³-hybridized carbons (Fsp3) is 0.545. The topological polar surface area (TPSA) is 73.5 Å². The lowest BCUT2D eigenvalue weighted by Gasteiger charge is -2.32. The van der Waals surface area contributed by atoms with Crippen molar-refractivity contribution in [2.45, 2.75) is 70.2 Å². The van der Waals surface area contributed by atoms with Crippen LogP contribution < -0.4 is 0 Å². The minimum Gasteiger partial charge on any atom is -0.467 e. The second kappa shape index (κ2) is 7.83. The van der Waals surface area contributed by atoms with Crippen molar-refractivity contribution in [3.05, 3.63) is 60.1 Å². The highest BCUT2D eigenvalue weighted by Crippen LogP contribution is 2.42. The maximum Gasteiger partial charge on any atom is 0.163 e. The number of furan rings is 1. The van der Waals surface area contributed by atoms with Gasteiger partial charge >= 0.3 is 0 Å². The standard InChI is InChI=1S/C22H29NO6/c1-21(2)26-14-17(27-21)19-20(29-22(3,4)28-19)18(16-11-8-12-25-16)23(24)13-15-9-6-5-7-10-15/h5-12,17-20,24H,13-14H2,1-4H3/t17-,18-,19+,20-/m0/s1. The first-order valence-corrected chi connectivity index (χ1v) is 9.94. The Labute approximate surface area is 171 Å². The minimum absolute atomic E-state index is 0.312. The van der Waals surface area contributed by atoms with Gasteiger partial charge in [0.1, 0.15) is 30.1 Å². The van der Waals surface area contributed by atoms with E-state index in [1.165, 1.54) is 5.06 Å². The summed E-state index contributed by atoms with van der Waals surface area (Å²) in [5.74, 6) is -0.920. The molecule has 0 aliphatic carbocycles. The van der Waals surface area contributed by atoms with Crippen molar-refractivity contribution in [3.8, 4) is 0 Å². The number of ether oxygens (including phenoxy) is 4. The van der Waals surface area contributed by atoms with Gasteiger partial charge in [-0.05, 0) is 45.4 Å². The summed E-state index contributed by atoms with van der Waals surface area (Å²) in [6.45, 7) is 8.18. The largest absolute Gasteiger partial charge is 0.467 e. The van der Waals surface area contributed by atoms with Crippen LogP contribution in [-0.4, -0.2) is 46.8 Å². The van der Waals surface area contributed by atoms with E-state index in [-0.39, 0.29) is 6.10 Å². The van der Waals surface area contributed by atoms with E-state index in [1.54, 1.807) is 12.3 Å². The molecular formula is C22H29NO6. The van der Waals surface area contributed by atoms with Gasteiger partial charge in [0.2, 0.25) is 0 Å². The van der Waals surface area contributed by atoms with Gasteiger partial charge in [-0.3, -0.25) is 0 Å². The predicted octanol–water partition coefficient (Wildman–Crippen LogP) is 3.88. The van der Waals surface area contributed by atoms with Crippen molar-refractivity contribution in [1.82, 2.24) is 5.06 Å². The average molecular weight is 403 g/mol. The zero-order valence-electron chi connectivity index (χ0n) is 17.3. The lowest BCUT2D eigenvalue weighted by atomic mass is 9.98. The molecule has 1 aromatic carbocycles. The third kappa shape index (κ3) is 4.55. The number of hydroxylamine groups is 2. The smallest absolute Gasteiger partial charge is 0.163 e. The first-order chi connectivity index (χ1) is 13.7. The van der Waals surface area contributed by atoms with Crippen molar-refractivity contribution in [2.24, 2.45) is 0 Å². The van der Waals surface area contributed by atoms with Crippen LogP contribution in [0.5, 0.6) is 0 Å². The van der Waals surface area contributed by atoms with E-state index in [0.29, 0.717) is 18.9 Å². The Bertz CT molecular complexity index is 791. The fourth-order valence-electron chi connectivity index (χ4n) is 4.03. The van der Waals surface area contributed by atoms with Crippen LogP contribution in [-0.2, 0) is 25.5 Å². The van der Waals surface area contributed by atoms with Gasteiger partial charge in [0, 0.05) is 6.54 Å². The molecule has 4 atom stereocenters. The third-order valence-electron chi connectivity index (χ3n) is 5.21. The number of rotatable bonds is 6. The van der Waals surface area contributed by atoms with Crippen LogP contribution in [0.25, 0.3) is 0 Å². The molecule has 2 saturated heterocycles. The summed E-state index contributed by atoms with van der Waals surface area (Å²) >= 11 is 0. The van der Waals surface area contributed by atoms with E-state index in [2.05, 4.69) is 0 Å². The molecule has 0 bridgehead atoms. The third-order valence-corrected chi connectivity index (χ3v) is 5.21. The molecule has 0 radical (unpaired) electrons. The number of hydrogen-bond donors (Lipinski definition) is 1. The van der Waals surface area contributed by atoms with Gasteiger partial charge in [-0.25, -0.2) is 0 Å². The summed E-state index contributed by atoms with van der Waals surface area (Å²) in [5.41, 5.74) is 0.975. The molecule has 2 aliphatic rings. The average Bonchev–Trinajstić information content (AvgIpc) is 3.36. The Morgan fingerprint density at radius 3 is 2.38 bits per heavy atom. The van der Waals surface area contributed by atoms with Gasteiger partial charge in [0.05, 0.1) is 12.9 Å². The molecule has 0 spiro atoms. The monoisotopic (exact) mass is 403 g/mol. The number of nitrogens with zero attached hydrogens (tertiary/aromatic N) is 1. The van der Waals surface area contributed by atoms with Crippen LogP contribution in [0.4, 0.5) is 0 Å². The number of hydrogen-bond acceptors (Lipinski definition) is 7. The van der Waals surface area contributed by atoms with Crippen LogP contribution in [0.1, 0.15) is 45.1 Å². The molecule has 2 aliphatic heterocycles. The van der Waals surface area contributed by atoms with Gasteiger partial charge in [0.25, 0.3) is 0 Å². The van der Waals surface area contributed by atoms with Gasteiger partial charge in [-0.15, -0.1) is 0 Å². The van der Waals surface area contributed by atoms with Crippen LogP contribution in [0, 0.1) is 0 Å². The van der Waals surface area contributed by atoms with E-state index in [1.807, 2.05) is 64.1 Å². The van der Waals surface area contributed by atoms with Gasteiger partial charge in [-0.2, -0.15) is 5.06 Å². The highest BCUT2D eigenvalue weighted by molar-refractivity contribution is 5.16. The van der Waals surface area contributed by atoms with Crippen LogP contribution in [0.15, 0.2) is 53.1 Å².